The Morgan fingerprint density at radius 1 is 1.33 bits per heavy atom. The Morgan fingerprint density at radius 3 is 2.56 bits per heavy atom. The van der Waals surface area contributed by atoms with Gasteiger partial charge in [0, 0.05) is 12.0 Å². The van der Waals surface area contributed by atoms with Gasteiger partial charge in [-0.25, -0.2) is 4.79 Å². The summed E-state index contributed by atoms with van der Waals surface area (Å²) in [5, 5.41) is 13.8. The van der Waals surface area contributed by atoms with E-state index in [9.17, 15) is 9.90 Å². The molecule has 0 unspecified atom stereocenters. The monoisotopic (exact) mass is 288 g/mol. The Kier molecular flexibility index (Phi) is 3.36. The molecule has 1 aromatic carbocycles. The van der Waals surface area contributed by atoms with Gasteiger partial charge in [-0.2, -0.15) is 4.68 Å². The summed E-state index contributed by atoms with van der Waals surface area (Å²) in [6, 6.07) is 2.60. The van der Waals surface area contributed by atoms with E-state index in [1.54, 1.807) is 0 Å². The molecule has 0 fully saturated rings. The predicted octanol–water partition coefficient (Wildman–Crippen LogP) is 2.96. The summed E-state index contributed by atoms with van der Waals surface area (Å²) in [6.07, 6.45) is 0. The van der Waals surface area contributed by atoms with Crippen molar-refractivity contribution in [1.29, 1.82) is 0 Å². The number of halogens is 2. The van der Waals surface area contributed by atoms with Crippen LogP contribution >= 0.6 is 23.2 Å². The van der Waals surface area contributed by atoms with Gasteiger partial charge in [-0.3, -0.25) is 0 Å². The summed E-state index contributed by atoms with van der Waals surface area (Å²) in [5.41, 5.74) is 0.221. The molecule has 1 aromatic heterocycles. The molecule has 0 radical (unpaired) electrons. The van der Waals surface area contributed by atoms with Gasteiger partial charge in [0.15, 0.2) is 0 Å². The molecule has 0 aliphatic rings. The van der Waals surface area contributed by atoms with Gasteiger partial charge in [0.1, 0.15) is 5.75 Å². The quantitative estimate of drug-likeness (QED) is 0.922. The number of rotatable bonds is 2. The van der Waals surface area contributed by atoms with E-state index >= 15 is 0 Å². The SMILES string of the molecule is CC(C)c1nn(-c2cc(O)c(Cl)cc2Cl)c(=O)o1. The van der Waals surface area contributed by atoms with Crippen LogP contribution in [0.3, 0.4) is 0 Å². The molecule has 0 aliphatic heterocycles. The van der Waals surface area contributed by atoms with E-state index < -0.39 is 5.76 Å². The maximum absolute atomic E-state index is 11.7. The van der Waals surface area contributed by atoms with Crippen molar-refractivity contribution in [3.63, 3.8) is 0 Å². The highest BCUT2D eigenvalue weighted by Crippen LogP contribution is 2.31. The lowest BCUT2D eigenvalue weighted by atomic mass is 10.2. The van der Waals surface area contributed by atoms with Crippen molar-refractivity contribution < 1.29 is 9.52 Å². The van der Waals surface area contributed by atoms with Gasteiger partial charge in [-0.15, -0.1) is 5.10 Å². The van der Waals surface area contributed by atoms with Crippen LogP contribution in [0.2, 0.25) is 10.0 Å². The standard InChI is InChI=1S/C11H10Cl2N2O3/c1-5(2)10-14-15(11(17)18-10)8-4-9(16)7(13)3-6(8)12/h3-5,16H,1-2H3. The van der Waals surface area contributed by atoms with Crippen LogP contribution in [0.5, 0.6) is 5.75 Å². The van der Waals surface area contributed by atoms with Crippen molar-refractivity contribution in [2.24, 2.45) is 0 Å². The number of benzene rings is 1. The van der Waals surface area contributed by atoms with Crippen LogP contribution in [-0.4, -0.2) is 14.9 Å². The lowest BCUT2D eigenvalue weighted by molar-refractivity contribution is 0.439. The van der Waals surface area contributed by atoms with Crippen LogP contribution in [0, 0.1) is 0 Å². The molecule has 1 heterocycles. The van der Waals surface area contributed by atoms with Crippen molar-refractivity contribution in [3.8, 4) is 11.4 Å². The van der Waals surface area contributed by atoms with Crippen LogP contribution in [0.4, 0.5) is 0 Å². The molecule has 0 bridgehead atoms. The van der Waals surface area contributed by atoms with Crippen molar-refractivity contribution in [2.45, 2.75) is 19.8 Å². The average molecular weight is 289 g/mol. The highest BCUT2D eigenvalue weighted by molar-refractivity contribution is 6.36. The van der Waals surface area contributed by atoms with E-state index in [1.807, 2.05) is 13.8 Å². The minimum atomic E-state index is -0.665. The minimum absolute atomic E-state index is 0.0291. The number of phenolic OH excluding ortho intramolecular Hbond substituents is 1. The zero-order valence-corrected chi connectivity index (χ0v) is 11.2. The highest BCUT2D eigenvalue weighted by Gasteiger charge is 2.16. The zero-order valence-electron chi connectivity index (χ0n) is 9.65. The first-order chi connectivity index (χ1) is 8.40. The molecule has 2 rings (SSSR count). The number of phenols is 1. The first-order valence-electron chi connectivity index (χ1n) is 5.18. The van der Waals surface area contributed by atoms with Crippen LogP contribution in [0.1, 0.15) is 25.7 Å². The fraction of sp³-hybridized carbons (Fsp3) is 0.273. The van der Waals surface area contributed by atoms with Gasteiger partial charge in [0.05, 0.1) is 15.7 Å². The van der Waals surface area contributed by atoms with Crippen LogP contribution in [-0.2, 0) is 0 Å². The number of hydrogen-bond acceptors (Lipinski definition) is 4. The summed E-state index contributed by atoms with van der Waals surface area (Å²) in [6.45, 7) is 3.69. The fourth-order valence-electron chi connectivity index (χ4n) is 1.37. The molecule has 0 aliphatic carbocycles. The van der Waals surface area contributed by atoms with Crippen LogP contribution < -0.4 is 5.76 Å². The van der Waals surface area contributed by atoms with E-state index in [-0.39, 0.29) is 27.4 Å². The molecular formula is C11H10Cl2N2O3. The summed E-state index contributed by atoms with van der Waals surface area (Å²) in [7, 11) is 0. The molecule has 5 nitrogen and oxygen atoms in total. The molecule has 0 amide bonds. The third kappa shape index (κ3) is 2.23. The first kappa shape index (κ1) is 13.0. The highest BCUT2D eigenvalue weighted by atomic mass is 35.5. The molecule has 2 aromatic rings. The molecular weight excluding hydrogens is 279 g/mol. The van der Waals surface area contributed by atoms with Crippen molar-refractivity contribution in [2.75, 3.05) is 0 Å². The average Bonchev–Trinajstić information content (AvgIpc) is 2.66. The molecule has 18 heavy (non-hydrogen) atoms. The zero-order chi connectivity index (χ0) is 13.4. The molecule has 1 N–H and O–H groups in total. The second-order valence-corrected chi connectivity index (χ2v) is 4.84. The number of hydrogen-bond donors (Lipinski definition) is 1. The molecule has 0 saturated carbocycles. The normalized spacial score (nSPS) is 11.2. The van der Waals surface area contributed by atoms with E-state index in [0.717, 1.165) is 4.68 Å². The van der Waals surface area contributed by atoms with Gasteiger partial charge in [-0.05, 0) is 6.07 Å². The van der Waals surface area contributed by atoms with Crippen molar-refractivity contribution in [1.82, 2.24) is 9.78 Å². The van der Waals surface area contributed by atoms with E-state index in [0.29, 0.717) is 5.89 Å². The second kappa shape index (κ2) is 4.66. The Morgan fingerprint density at radius 2 is 2.00 bits per heavy atom. The fourth-order valence-corrected chi connectivity index (χ4v) is 1.83. The Labute approximate surface area is 113 Å². The van der Waals surface area contributed by atoms with Gasteiger partial charge in [0.25, 0.3) is 0 Å². The molecule has 0 atom stereocenters. The largest absolute Gasteiger partial charge is 0.506 e. The Balaban J connectivity index is 2.62. The van der Waals surface area contributed by atoms with Crippen molar-refractivity contribution in [3.05, 3.63) is 38.6 Å². The van der Waals surface area contributed by atoms with Gasteiger partial charge >= 0.3 is 5.76 Å². The maximum atomic E-state index is 11.7. The Bertz CT molecular complexity index is 646. The summed E-state index contributed by atoms with van der Waals surface area (Å²) < 4.78 is 5.97. The number of nitrogens with zero attached hydrogens (tertiary/aromatic N) is 2. The van der Waals surface area contributed by atoms with Crippen molar-refractivity contribution >= 4 is 23.2 Å². The van der Waals surface area contributed by atoms with Gasteiger partial charge in [0.2, 0.25) is 5.89 Å². The van der Waals surface area contributed by atoms with E-state index in [1.165, 1.54) is 12.1 Å². The summed E-state index contributed by atoms with van der Waals surface area (Å²) >= 11 is 11.7. The smallest absolute Gasteiger partial charge is 0.442 e. The topological polar surface area (TPSA) is 68.3 Å². The third-order valence-electron chi connectivity index (χ3n) is 2.30. The second-order valence-electron chi connectivity index (χ2n) is 4.03. The molecule has 0 saturated heterocycles. The summed E-state index contributed by atoms with van der Waals surface area (Å²) in [5.74, 6) is -0.580. The summed E-state index contributed by atoms with van der Waals surface area (Å²) in [4.78, 5) is 11.7. The van der Waals surface area contributed by atoms with E-state index in [4.69, 9.17) is 27.6 Å². The van der Waals surface area contributed by atoms with Crippen LogP contribution in [0.25, 0.3) is 5.69 Å². The molecule has 0 spiro atoms. The number of aromatic hydroxyl groups is 1. The maximum Gasteiger partial charge on any atom is 0.442 e. The lowest BCUT2D eigenvalue weighted by Crippen LogP contribution is -2.13. The third-order valence-corrected chi connectivity index (χ3v) is 2.91. The van der Waals surface area contributed by atoms with Gasteiger partial charge in [-0.1, -0.05) is 37.0 Å². The predicted molar refractivity (Wildman–Crippen MR) is 67.9 cm³/mol. The molecule has 96 valence electrons. The minimum Gasteiger partial charge on any atom is -0.506 e. The van der Waals surface area contributed by atoms with E-state index in [2.05, 4.69) is 5.10 Å². The Hall–Kier alpha value is -1.46. The lowest BCUT2D eigenvalue weighted by Gasteiger charge is -2.04. The first-order valence-corrected chi connectivity index (χ1v) is 5.94. The molecule has 7 heteroatoms. The number of aromatic nitrogens is 2. The van der Waals surface area contributed by atoms with Crippen LogP contribution in [0.15, 0.2) is 21.3 Å². The van der Waals surface area contributed by atoms with Gasteiger partial charge < -0.3 is 9.52 Å².